The van der Waals surface area contributed by atoms with Crippen molar-refractivity contribution in [1.29, 1.82) is 0 Å². The van der Waals surface area contributed by atoms with Crippen LogP contribution in [0.3, 0.4) is 0 Å². The number of benzene rings is 1. The first-order valence-electron chi connectivity index (χ1n) is 10.6. The van der Waals surface area contributed by atoms with Gasteiger partial charge in [-0.2, -0.15) is 0 Å². The summed E-state index contributed by atoms with van der Waals surface area (Å²) in [5.74, 6) is 1.72. The minimum Gasteiger partial charge on any atom is -0.493 e. The molecule has 0 unspecified atom stereocenters. The van der Waals surface area contributed by atoms with E-state index >= 15 is 0 Å². The highest BCUT2D eigenvalue weighted by molar-refractivity contribution is 6.60. The second kappa shape index (κ2) is 11.8. The monoisotopic (exact) mass is 394 g/mol. The summed E-state index contributed by atoms with van der Waals surface area (Å²) in [5.41, 5.74) is 2.88. The Morgan fingerprint density at radius 2 is 1.67 bits per heavy atom. The smallest absolute Gasteiger partial charge is 0.493 e. The maximum atomic E-state index is 6.23. The lowest BCUT2D eigenvalue weighted by molar-refractivity contribution is 0.121. The van der Waals surface area contributed by atoms with E-state index < -0.39 is 8.80 Å². The third kappa shape index (κ3) is 6.59. The summed E-state index contributed by atoms with van der Waals surface area (Å²) >= 11 is 0. The van der Waals surface area contributed by atoms with Crippen LogP contribution in [-0.4, -0.2) is 36.7 Å². The van der Waals surface area contributed by atoms with Crippen LogP contribution >= 0.6 is 0 Å². The van der Waals surface area contributed by atoms with Crippen molar-refractivity contribution in [2.75, 3.05) is 27.9 Å². The molecular formula is C22H38O4Si. The number of hydrogen-bond acceptors (Lipinski definition) is 4. The van der Waals surface area contributed by atoms with Crippen LogP contribution in [-0.2, 0) is 19.7 Å². The van der Waals surface area contributed by atoms with Crippen molar-refractivity contribution in [2.24, 2.45) is 0 Å². The molecule has 1 fully saturated rings. The lowest BCUT2D eigenvalue weighted by atomic mass is 9.83. The molecule has 0 saturated heterocycles. The summed E-state index contributed by atoms with van der Waals surface area (Å²) in [6.45, 7) is 2.92. The third-order valence-corrected chi connectivity index (χ3v) is 8.59. The largest absolute Gasteiger partial charge is 0.500 e. The van der Waals surface area contributed by atoms with E-state index in [0.29, 0.717) is 12.5 Å². The standard InChI is InChI=1S/C22H38O4Si/c1-5-6-11-19-14-15-22(21(18-19)20-12-8-7-9-13-20)26-16-10-17-27(23-2,24-3)25-4/h14-15,18,20H,5-13,16-17H2,1-4H3. The average Bonchev–Trinajstić information content (AvgIpc) is 2.74. The second-order valence-electron chi connectivity index (χ2n) is 7.56. The van der Waals surface area contributed by atoms with E-state index in [1.54, 1.807) is 21.3 Å². The molecule has 27 heavy (non-hydrogen) atoms. The molecule has 0 amide bonds. The summed E-state index contributed by atoms with van der Waals surface area (Å²) in [7, 11) is 2.48. The number of rotatable bonds is 12. The normalized spacial score (nSPS) is 15.9. The van der Waals surface area contributed by atoms with Crippen LogP contribution in [0.5, 0.6) is 5.75 Å². The number of hydrogen-bond donors (Lipinski definition) is 0. The Kier molecular flexibility index (Phi) is 9.83. The molecule has 1 saturated carbocycles. The fraction of sp³-hybridized carbons (Fsp3) is 0.727. The maximum Gasteiger partial charge on any atom is 0.500 e. The first-order valence-corrected chi connectivity index (χ1v) is 12.5. The highest BCUT2D eigenvalue weighted by atomic mass is 28.4. The van der Waals surface area contributed by atoms with Crippen LogP contribution in [0.4, 0.5) is 0 Å². The first kappa shape index (κ1) is 22.4. The molecule has 0 aromatic heterocycles. The minimum atomic E-state index is -2.51. The Morgan fingerprint density at radius 3 is 2.30 bits per heavy atom. The van der Waals surface area contributed by atoms with Crippen molar-refractivity contribution in [3.05, 3.63) is 29.3 Å². The quantitative estimate of drug-likeness (QED) is 0.335. The van der Waals surface area contributed by atoms with Gasteiger partial charge in [-0.05, 0) is 55.2 Å². The Morgan fingerprint density at radius 1 is 0.963 bits per heavy atom. The number of unbranched alkanes of at least 4 members (excludes halogenated alkanes) is 1. The molecule has 2 rings (SSSR count). The van der Waals surface area contributed by atoms with Gasteiger partial charge < -0.3 is 18.0 Å². The van der Waals surface area contributed by atoms with E-state index in [-0.39, 0.29) is 0 Å². The van der Waals surface area contributed by atoms with Gasteiger partial charge >= 0.3 is 8.80 Å². The molecule has 1 aromatic carbocycles. The van der Waals surface area contributed by atoms with Gasteiger partial charge in [0, 0.05) is 27.4 Å². The van der Waals surface area contributed by atoms with Gasteiger partial charge in [-0.1, -0.05) is 44.7 Å². The highest BCUT2D eigenvalue weighted by Gasteiger charge is 2.37. The maximum absolute atomic E-state index is 6.23. The molecule has 1 aromatic rings. The van der Waals surface area contributed by atoms with Gasteiger partial charge in [0.2, 0.25) is 0 Å². The lowest BCUT2D eigenvalue weighted by Crippen LogP contribution is -2.42. The molecule has 5 heteroatoms. The van der Waals surface area contributed by atoms with Gasteiger partial charge in [-0.15, -0.1) is 0 Å². The molecule has 154 valence electrons. The lowest BCUT2D eigenvalue weighted by Gasteiger charge is -2.26. The summed E-state index contributed by atoms with van der Waals surface area (Å²) < 4.78 is 22.7. The van der Waals surface area contributed by atoms with Gasteiger partial charge in [0.05, 0.1) is 6.61 Å². The molecule has 0 N–H and O–H groups in total. The van der Waals surface area contributed by atoms with Gasteiger partial charge in [0.25, 0.3) is 0 Å². The Hall–Kier alpha value is -0.883. The molecule has 1 aliphatic rings. The molecule has 1 aliphatic carbocycles. The predicted octanol–water partition coefficient (Wildman–Crippen LogP) is 5.72. The van der Waals surface area contributed by atoms with Gasteiger partial charge in [-0.3, -0.25) is 0 Å². The van der Waals surface area contributed by atoms with Crippen molar-refractivity contribution in [3.8, 4) is 5.75 Å². The fourth-order valence-corrected chi connectivity index (χ4v) is 5.72. The topological polar surface area (TPSA) is 36.9 Å². The van der Waals surface area contributed by atoms with E-state index in [0.717, 1.165) is 18.2 Å². The Bertz CT molecular complexity index is 531. The van der Waals surface area contributed by atoms with Crippen molar-refractivity contribution in [1.82, 2.24) is 0 Å². The third-order valence-electron chi connectivity index (χ3n) is 5.76. The summed E-state index contributed by atoms with van der Waals surface area (Å²) in [5, 5.41) is 0. The average molecular weight is 395 g/mol. The van der Waals surface area contributed by atoms with Gasteiger partial charge in [-0.25, -0.2) is 0 Å². The molecule has 0 bridgehead atoms. The molecule has 0 spiro atoms. The highest BCUT2D eigenvalue weighted by Crippen LogP contribution is 2.38. The first-order chi connectivity index (χ1) is 13.2. The molecule has 4 nitrogen and oxygen atoms in total. The molecule has 0 heterocycles. The van der Waals surface area contributed by atoms with Crippen molar-refractivity contribution in [3.63, 3.8) is 0 Å². The minimum absolute atomic E-state index is 0.653. The van der Waals surface area contributed by atoms with Crippen LogP contribution in [0, 0.1) is 0 Å². The van der Waals surface area contributed by atoms with Crippen molar-refractivity contribution in [2.45, 2.75) is 76.7 Å². The zero-order valence-corrected chi connectivity index (χ0v) is 18.7. The Labute approximate surface area is 166 Å². The zero-order chi connectivity index (χ0) is 19.5. The van der Waals surface area contributed by atoms with Crippen molar-refractivity contribution < 1.29 is 18.0 Å². The van der Waals surface area contributed by atoms with Gasteiger partial charge in [0.15, 0.2) is 0 Å². The fourth-order valence-electron chi connectivity index (χ4n) is 4.03. The van der Waals surface area contributed by atoms with Crippen LogP contribution in [0.1, 0.15) is 75.3 Å². The number of aryl methyl sites for hydroxylation is 1. The van der Waals surface area contributed by atoms with Crippen LogP contribution in [0.15, 0.2) is 18.2 Å². The van der Waals surface area contributed by atoms with E-state index in [9.17, 15) is 0 Å². The number of ether oxygens (including phenoxy) is 1. The van der Waals surface area contributed by atoms with Crippen molar-refractivity contribution >= 4 is 8.80 Å². The zero-order valence-electron chi connectivity index (χ0n) is 17.7. The van der Waals surface area contributed by atoms with E-state index in [1.165, 1.54) is 62.5 Å². The van der Waals surface area contributed by atoms with Gasteiger partial charge in [0.1, 0.15) is 5.75 Å². The van der Waals surface area contributed by atoms with E-state index in [1.807, 2.05) is 0 Å². The Balaban J connectivity index is 2.01. The molecular weight excluding hydrogens is 356 g/mol. The second-order valence-corrected chi connectivity index (χ2v) is 10.6. The summed E-state index contributed by atoms with van der Waals surface area (Å²) in [6, 6.07) is 7.63. The van der Waals surface area contributed by atoms with Crippen LogP contribution in [0.25, 0.3) is 0 Å². The SMILES string of the molecule is CCCCc1ccc(OCCC[Si](OC)(OC)OC)c(C2CCCCC2)c1. The van der Waals surface area contributed by atoms with Crippen LogP contribution < -0.4 is 4.74 Å². The summed E-state index contributed by atoms with van der Waals surface area (Å²) in [4.78, 5) is 0. The summed E-state index contributed by atoms with van der Waals surface area (Å²) in [6.07, 6.45) is 11.2. The van der Waals surface area contributed by atoms with Crippen LogP contribution in [0.2, 0.25) is 6.04 Å². The molecule has 0 radical (unpaired) electrons. The van der Waals surface area contributed by atoms with E-state index in [2.05, 4.69) is 25.1 Å². The van der Waals surface area contributed by atoms with E-state index in [4.69, 9.17) is 18.0 Å². The predicted molar refractivity (Wildman–Crippen MR) is 113 cm³/mol. The molecule has 0 atom stereocenters. The molecule has 0 aliphatic heterocycles.